The predicted molar refractivity (Wildman–Crippen MR) is 53.2 cm³/mol. The van der Waals surface area contributed by atoms with Crippen LogP contribution in [0.4, 0.5) is 4.79 Å². The van der Waals surface area contributed by atoms with Crippen LogP contribution in [0.5, 0.6) is 0 Å². The number of imide groups is 2. The Labute approximate surface area is 92.4 Å². The Kier molecular flexibility index (Phi) is 3.60. The van der Waals surface area contributed by atoms with Crippen LogP contribution in [-0.2, 0) is 14.4 Å². The number of urea groups is 1. The molecule has 1 aliphatic heterocycles. The topological polar surface area (TPSA) is 86.8 Å². The third kappa shape index (κ3) is 2.18. The molecule has 1 rings (SSSR count). The largest absolute Gasteiger partial charge is 0.342 e. The molecule has 88 valence electrons. The summed E-state index contributed by atoms with van der Waals surface area (Å²) in [5.41, 5.74) is 0. The van der Waals surface area contributed by atoms with Crippen molar-refractivity contribution in [1.29, 1.82) is 0 Å². The maximum Gasteiger partial charge on any atom is 0.332 e. The lowest BCUT2D eigenvalue weighted by Crippen LogP contribution is -2.43. The molecule has 16 heavy (non-hydrogen) atoms. The van der Waals surface area contributed by atoms with Gasteiger partial charge in [0.25, 0.3) is 0 Å². The first-order valence-corrected chi connectivity index (χ1v) is 4.95. The van der Waals surface area contributed by atoms with Crippen molar-refractivity contribution in [1.82, 2.24) is 15.1 Å². The van der Waals surface area contributed by atoms with Crippen molar-refractivity contribution >= 4 is 23.8 Å². The first-order valence-electron chi connectivity index (χ1n) is 4.95. The Balaban J connectivity index is 2.67. The first-order chi connectivity index (χ1) is 7.51. The van der Waals surface area contributed by atoms with Gasteiger partial charge in [-0.05, 0) is 13.8 Å². The van der Waals surface area contributed by atoms with Crippen LogP contribution < -0.4 is 5.32 Å². The van der Waals surface area contributed by atoms with Gasteiger partial charge in [-0.25, -0.2) is 9.69 Å². The molecule has 0 radical (unpaired) electrons. The molecule has 0 saturated carbocycles. The zero-order valence-electron chi connectivity index (χ0n) is 9.15. The number of rotatable bonds is 4. The molecule has 7 nitrogen and oxygen atoms in total. The van der Waals surface area contributed by atoms with E-state index in [1.807, 2.05) is 5.32 Å². The van der Waals surface area contributed by atoms with Crippen LogP contribution in [0.3, 0.4) is 0 Å². The molecule has 1 fully saturated rings. The zero-order chi connectivity index (χ0) is 12.3. The maximum atomic E-state index is 11.6. The van der Waals surface area contributed by atoms with Gasteiger partial charge in [0.05, 0.1) is 0 Å². The van der Waals surface area contributed by atoms with Gasteiger partial charge in [0, 0.05) is 13.1 Å². The number of amides is 5. The van der Waals surface area contributed by atoms with E-state index in [1.54, 1.807) is 13.8 Å². The number of likely N-dealkylation sites (N-methyl/N-ethyl adjacent to an activating group) is 1. The van der Waals surface area contributed by atoms with E-state index in [0.29, 0.717) is 18.0 Å². The van der Waals surface area contributed by atoms with Crippen LogP contribution >= 0.6 is 0 Å². The van der Waals surface area contributed by atoms with Gasteiger partial charge in [-0.2, -0.15) is 0 Å². The van der Waals surface area contributed by atoms with Crippen molar-refractivity contribution in [2.45, 2.75) is 13.8 Å². The Morgan fingerprint density at radius 3 is 2.19 bits per heavy atom. The second-order valence-electron chi connectivity index (χ2n) is 3.22. The van der Waals surface area contributed by atoms with Gasteiger partial charge in [-0.15, -0.1) is 0 Å². The molecule has 0 aromatic carbocycles. The predicted octanol–water partition coefficient (Wildman–Crippen LogP) is -1.07. The molecule has 1 N–H and O–H groups in total. The quantitative estimate of drug-likeness (QED) is 0.489. The van der Waals surface area contributed by atoms with Gasteiger partial charge in [0.2, 0.25) is 5.91 Å². The minimum absolute atomic E-state index is 0.358. The highest BCUT2D eigenvalue weighted by molar-refractivity contribution is 6.45. The molecule has 0 atom stereocenters. The monoisotopic (exact) mass is 227 g/mol. The van der Waals surface area contributed by atoms with E-state index < -0.39 is 24.4 Å². The Hall–Kier alpha value is -1.92. The average molecular weight is 227 g/mol. The second kappa shape index (κ2) is 4.73. The summed E-state index contributed by atoms with van der Waals surface area (Å²) in [6, 6.07) is -0.837. The fraction of sp³-hybridized carbons (Fsp3) is 0.556. The Morgan fingerprint density at radius 2 is 1.81 bits per heavy atom. The second-order valence-corrected chi connectivity index (χ2v) is 3.22. The van der Waals surface area contributed by atoms with E-state index in [1.165, 1.54) is 4.90 Å². The fourth-order valence-corrected chi connectivity index (χ4v) is 1.39. The number of carbonyl (C=O) groups is 4. The third-order valence-electron chi connectivity index (χ3n) is 2.31. The first kappa shape index (κ1) is 12.2. The molecule has 5 amide bonds. The summed E-state index contributed by atoms with van der Waals surface area (Å²) in [6.45, 7) is 4.18. The van der Waals surface area contributed by atoms with Crippen molar-refractivity contribution in [2.24, 2.45) is 0 Å². The highest BCUT2D eigenvalue weighted by Gasteiger charge is 2.38. The van der Waals surface area contributed by atoms with E-state index in [-0.39, 0.29) is 5.91 Å². The molecule has 0 unspecified atom stereocenters. The van der Waals surface area contributed by atoms with E-state index in [4.69, 9.17) is 0 Å². The number of hydrogen-bond donors (Lipinski definition) is 1. The standard InChI is InChI=1S/C9H13N3O4/c1-3-11(4-2)6(13)5-12-8(15)7(14)10-9(12)16/h3-5H2,1-2H3,(H,10,14,16). The summed E-state index contributed by atoms with van der Waals surface area (Å²) < 4.78 is 0. The van der Waals surface area contributed by atoms with Crippen molar-refractivity contribution < 1.29 is 19.2 Å². The number of nitrogens with one attached hydrogen (secondary N) is 1. The Bertz CT molecular complexity index is 349. The van der Waals surface area contributed by atoms with Crippen LogP contribution in [0.2, 0.25) is 0 Å². The molecule has 0 aromatic heterocycles. The zero-order valence-corrected chi connectivity index (χ0v) is 9.15. The Morgan fingerprint density at radius 1 is 1.25 bits per heavy atom. The summed E-state index contributed by atoms with van der Waals surface area (Å²) in [6.07, 6.45) is 0. The molecule has 1 saturated heterocycles. The van der Waals surface area contributed by atoms with Crippen LogP contribution in [0.25, 0.3) is 0 Å². The fourth-order valence-electron chi connectivity index (χ4n) is 1.39. The highest BCUT2D eigenvalue weighted by Crippen LogP contribution is 2.01. The molecule has 1 heterocycles. The third-order valence-corrected chi connectivity index (χ3v) is 2.31. The van der Waals surface area contributed by atoms with Gasteiger partial charge in [-0.1, -0.05) is 0 Å². The molecule has 0 bridgehead atoms. The average Bonchev–Trinajstić information content (AvgIpc) is 2.47. The summed E-state index contributed by atoms with van der Waals surface area (Å²) in [7, 11) is 0. The van der Waals surface area contributed by atoms with Crippen molar-refractivity contribution in [3.63, 3.8) is 0 Å². The summed E-state index contributed by atoms with van der Waals surface area (Å²) in [5.74, 6) is -2.33. The molecule has 7 heteroatoms. The molecular weight excluding hydrogens is 214 g/mol. The highest BCUT2D eigenvalue weighted by atomic mass is 16.2. The minimum Gasteiger partial charge on any atom is -0.342 e. The van der Waals surface area contributed by atoms with Crippen molar-refractivity contribution in [2.75, 3.05) is 19.6 Å². The van der Waals surface area contributed by atoms with E-state index in [2.05, 4.69) is 0 Å². The van der Waals surface area contributed by atoms with Gasteiger partial charge >= 0.3 is 17.8 Å². The van der Waals surface area contributed by atoms with E-state index in [9.17, 15) is 19.2 Å². The van der Waals surface area contributed by atoms with Crippen LogP contribution in [0, 0.1) is 0 Å². The van der Waals surface area contributed by atoms with Crippen LogP contribution in [-0.4, -0.2) is 53.2 Å². The van der Waals surface area contributed by atoms with Crippen molar-refractivity contribution in [3.05, 3.63) is 0 Å². The van der Waals surface area contributed by atoms with Crippen LogP contribution in [0.1, 0.15) is 13.8 Å². The molecule has 0 aliphatic carbocycles. The molecule has 1 aliphatic rings. The van der Waals surface area contributed by atoms with E-state index >= 15 is 0 Å². The van der Waals surface area contributed by atoms with Crippen molar-refractivity contribution in [3.8, 4) is 0 Å². The SMILES string of the molecule is CCN(CC)C(=O)CN1C(=O)NC(=O)C1=O. The lowest BCUT2D eigenvalue weighted by atomic mass is 10.4. The lowest BCUT2D eigenvalue weighted by molar-refractivity contribution is -0.142. The number of carbonyl (C=O) groups excluding carboxylic acids is 4. The number of hydrogen-bond acceptors (Lipinski definition) is 4. The maximum absolute atomic E-state index is 11.6. The normalized spacial score (nSPS) is 15.4. The van der Waals surface area contributed by atoms with Gasteiger partial charge < -0.3 is 4.90 Å². The summed E-state index contributed by atoms with van der Waals surface area (Å²) >= 11 is 0. The summed E-state index contributed by atoms with van der Waals surface area (Å²) in [4.78, 5) is 46.8. The van der Waals surface area contributed by atoms with Gasteiger partial charge in [0.15, 0.2) is 0 Å². The van der Waals surface area contributed by atoms with Gasteiger partial charge in [-0.3, -0.25) is 19.7 Å². The molecule has 0 aromatic rings. The number of nitrogens with zero attached hydrogens (tertiary/aromatic N) is 2. The minimum atomic E-state index is -0.989. The van der Waals surface area contributed by atoms with Gasteiger partial charge in [0.1, 0.15) is 6.54 Å². The lowest BCUT2D eigenvalue weighted by Gasteiger charge is -2.20. The summed E-state index contributed by atoms with van der Waals surface area (Å²) in [5, 5.41) is 1.82. The van der Waals surface area contributed by atoms with E-state index in [0.717, 1.165) is 0 Å². The molecular formula is C9H13N3O4. The smallest absolute Gasteiger partial charge is 0.332 e. The van der Waals surface area contributed by atoms with Crippen LogP contribution in [0.15, 0.2) is 0 Å². The molecule has 0 spiro atoms.